The lowest BCUT2D eigenvalue weighted by molar-refractivity contribution is -2.00. The van der Waals surface area contributed by atoms with Crippen molar-refractivity contribution < 1.29 is 93.2 Å². The van der Waals surface area contributed by atoms with Crippen LogP contribution in [0.4, 0.5) is 26.3 Å². The molecule has 0 saturated heterocycles. The van der Waals surface area contributed by atoms with Gasteiger partial charge in [-0.2, -0.15) is 26.3 Å². The van der Waals surface area contributed by atoms with Crippen LogP contribution in [0.5, 0.6) is 0 Å². The van der Waals surface area contributed by atoms with Gasteiger partial charge in [-0.05, 0) is 24.3 Å². The predicted octanol–water partition coefficient (Wildman–Crippen LogP) is -5.66. The summed E-state index contributed by atoms with van der Waals surface area (Å²) in [5, 5.41) is 0. The van der Waals surface area contributed by atoms with E-state index in [0.29, 0.717) is 11.0 Å². The fourth-order valence-electron chi connectivity index (χ4n) is 3.82. The van der Waals surface area contributed by atoms with Crippen LogP contribution >= 0.6 is 0 Å². The Morgan fingerprint density at radius 1 is 0.585 bits per heavy atom. The molecule has 0 radical (unpaired) electrons. The van der Waals surface area contributed by atoms with E-state index in [1.807, 2.05) is 0 Å². The Morgan fingerprint density at radius 3 is 1.15 bits per heavy atom. The highest BCUT2D eigenvalue weighted by molar-refractivity contribution is 5.72. The third-order valence-corrected chi connectivity index (χ3v) is 5.42. The van der Waals surface area contributed by atoms with Gasteiger partial charge in [0.15, 0.2) is 35.2 Å². The second-order valence-corrected chi connectivity index (χ2v) is 9.94. The molecule has 4 aromatic rings. The maximum absolute atomic E-state index is 14.7. The smallest absolute Gasteiger partial charge is 0.233 e. The quantitative estimate of drug-likeness (QED) is 0.146. The average Bonchev–Trinajstić information content (AvgIpc) is 3.27. The monoisotopic (exact) mass is 640 g/mol. The van der Waals surface area contributed by atoms with E-state index < -0.39 is 51.3 Å². The van der Waals surface area contributed by atoms with Crippen LogP contribution in [0, 0.1) is 20.5 Å². The standard InChI is InChI=1S/C21H20F6N4.2ClHO4/c1-28-13-30(17-9-5-3-7-15(17)28)11-19(22,23)21(26,27)20(24,25)12-31-14-29(2)16-8-4-6-10-18(16)31;2*2-1(3,4)5/h3-10,13-14H,11-12H2,1-2H3;2*(H,2,3,4,5)/q+2;;/p-2. The number of hydrogen-bond acceptors (Lipinski definition) is 8. The van der Waals surface area contributed by atoms with Crippen molar-refractivity contribution in [3.8, 4) is 0 Å². The minimum Gasteiger partial charge on any atom is -0.233 e. The maximum atomic E-state index is 14.7. The van der Waals surface area contributed by atoms with Crippen molar-refractivity contribution in [1.29, 1.82) is 0 Å². The molecule has 0 aliphatic carbocycles. The van der Waals surface area contributed by atoms with Crippen LogP contribution in [0.15, 0.2) is 61.2 Å². The molecule has 2 aromatic heterocycles. The Hall–Kier alpha value is -2.78. The lowest BCUT2D eigenvalue weighted by Gasteiger charge is -2.31. The largest absolute Gasteiger partial charge is 0.380 e. The summed E-state index contributed by atoms with van der Waals surface area (Å²) >= 11 is 0. The van der Waals surface area contributed by atoms with Gasteiger partial charge in [0.1, 0.15) is 0 Å². The molecule has 41 heavy (non-hydrogen) atoms. The zero-order valence-electron chi connectivity index (χ0n) is 20.8. The summed E-state index contributed by atoms with van der Waals surface area (Å²) in [4.78, 5) is 0. The second kappa shape index (κ2) is 12.2. The van der Waals surface area contributed by atoms with E-state index in [1.54, 1.807) is 50.5 Å². The SMILES string of the molecule is C[n+]1cn(CC(F)(F)C(F)(F)C(F)(F)Cn2c[n+](C)c3ccccc32)c2ccccc21.[O-][Cl+3]([O-])([O-])[O-].[O-][Cl+3]([O-])([O-])[O-]. The van der Waals surface area contributed by atoms with Gasteiger partial charge in [0, 0.05) is 0 Å². The van der Waals surface area contributed by atoms with Gasteiger partial charge in [0.05, 0.1) is 14.1 Å². The van der Waals surface area contributed by atoms with Crippen molar-refractivity contribution in [1.82, 2.24) is 9.13 Å². The Kier molecular flexibility index (Phi) is 10.3. The molecule has 0 N–H and O–H groups in total. The molecule has 0 unspecified atom stereocenters. The maximum Gasteiger partial charge on any atom is 0.380 e. The number of rotatable bonds is 6. The van der Waals surface area contributed by atoms with Gasteiger partial charge in [-0.3, -0.25) is 0 Å². The molecule has 0 atom stereocenters. The molecule has 0 aliphatic rings. The molecule has 2 aromatic carbocycles. The minimum absolute atomic E-state index is 0.243. The van der Waals surface area contributed by atoms with E-state index in [-0.39, 0.29) is 11.0 Å². The molecule has 12 nitrogen and oxygen atoms in total. The number of alkyl halides is 6. The van der Waals surface area contributed by atoms with E-state index in [1.165, 1.54) is 33.9 Å². The van der Waals surface area contributed by atoms with Gasteiger partial charge in [-0.25, -0.2) is 55.5 Å². The first-order chi connectivity index (χ1) is 18.4. The van der Waals surface area contributed by atoms with Crippen molar-refractivity contribution in [2.75, 3.05) is 0 Å². The molecule has 0 saturated carbocycles. The van der Waals surface area contributed by atoms with E-state index >= 15 is 0 Å². The van der Waals surface area contributed by atoms with Gasteiger partial charge >= 0.3 is 17.8 Å². The topological polar surface area (TPSA) is 202 Å². The zero-order valence-corrected chi connectivity index (χ0v) is 22.3. The molecular weight excluding hydrogens is 621 g/mol. The molecule has 0 amide bonds. The molecular formula is C21H20Cl2F6N4O8. The molecule has 0 bridgehead atoms. The summed E-state index contributed by atoms with van der Waals surface area (Å²) in [6.07, 6.45) is 2.37. The zero-order chi connectivity index (χ0) is 31.6. The molecule has 228 valence electrons. The first-order valence-electron chi connectivity index (χ1n) is 10.7. The van der Waals surface area contributed by atoms with Crippen molar-refractivity contribution >= 4 is 22.1 Å². The van der Waals surface area contributed by atoms with Crippen molar-refractivity contribution in [3.05, 3.63) is 61.2 Å². The number of halogens is 8. The Morgan fingerprint density at radius 2 is 0.854 bits per heavy atom. The molecule has 2 heterocycles. The first-order valence-corrected chi connectivity index (χ1v) is 13.2. The third kappa shape index (κ3) is 9.10. The Labute approximate surface area is 230 Å². The van der Waals surface area contributed by atoms with Crippen LogP contribution < -0.4 is 46.4 Å². The van der Waals surface area contributed by atoms with Crippen molar-refractivity contribution in [2.24, 2.45) is 14.1 Å². The first kappa shape index (κ1) is 34.4. The number of hydrogen-bond donors (Lipinski definition) is 0. The van der Waals surface area contributed by atoms with E-state index in [2.05, 4.69) is 0 Å². The Balaban J connectivity index is 0.000000507. The number of aromatic nitrogens is 4. The highest BCUT2D eigenvalue weighted by atomic mass is 35.7. The van der Waals surface area contributed by atoms with E-state index in [9.17, 15) is 26.3 Å². The van der Waals surface area contributed by atoms with Crippen LogP contribution in [-0.4, -0.2) is 26.9 Å². The normalized spacial score (nSPS) is 13.1. The molecule has 0 spiro atoms. The number of fused-ring (bicyclic) bond motifs is 2. The highest BCUT2D eigenvalue weighted by Crippen LogP contribution is 2.47. The highest BCUT2D eigenvalue weighted by Gasteiger charge is 2.73. The van der Waals surface area contributed by atoms with Crippen molar-refractivity contribution in [2.45, 2.75) is 30.9 Å². The summed E-state index contributed by atoms with van der Waals surface area (Å²) in [5.41, 5.74) is 1.51. The minimum atomic E-state index is -5.59. The van der Waals surface area contributed by atoms with Crippen LogP contribution in [0.3, 0.4) is 0 Å². The number of nitrogens with zero attached hydrogens (tertiary/aromatic N) is 4. The van der Waals surface area contributed by atoms with Crippen molar-refractivity contribution in [3.63, 3.8) is 0 Å². The molecule has 4 rings (SSSR count). The number of aryl methyl sites for hydroxylation is 2. The van der Waals surface area contributed by atoms with Gasteiger partial charge in [0.25, 0.3) is 0 Å². The van der Waals surface area contributed by atoms with Gasteiger partial charge < -0.3 is 0 Å². The summed E-state index contributed by atoms with van der Waals surface area (Å²) in [6.45, 7) is -3.17. The number of para-hydroxylation sites is 4. The lowest BCUT2D eigenvalue weighted by atomic mass is 10.0. The summed E-state index contributed by atoms with van der Waals surface area (Å²) < 4.78 is 161. The van der Waals surface area contributed by atoms with E-state index in [0.717, 1.165) is 9.13 Å². The van der Waals surface area contributed by atoms with Crippen LogP contribution in [0.1, 0.15) is 0 Å². The third-order valence-electron chi connectivity index (χ3n) is 5.42. The molecule has 0 fully saturated rings. The van der Waals surface area contributed by atoms with E-state index in [4.69, 9.17) is 37.3 Å². The van der Waals surface area contributed by atoms with Gasteiger partial charge in [-0.1, -0.05) is 24.3 Å². The predicted molar refractivity (Wildman–Crippen MR) is 101 cm³/mol. The van der Waals surface area contributed by atoms with Crippen LogP contribution in [-0.2, 0) is 27.2 Å². The van der Waals surface area contributed by atoms with Crippen LogP contribution in [0.2, 0.25) is 0 Å². The number of benzene rings is 2. The van der Waals surface area contributed by atoms with Gasteiger partial charge in [0.2, 0.25) is 12.7 Å². The summed E-state index contributed by atoms with van der Waals surface area (Å²) in [7, 11) is -6.78. The van der Waals surface area contributed by atoms with Crippen LogP contribution in [0.25, 0.3) is 22.1 Å². The molecule has 20 heteroatoms. The summed E-state index contributed by atoms with van der Waals surface area (Å²) in [6, 6.07) is 12.6. The lowest BCUT2D eigenvalue weighted by Crippen LogP contribution is -2.68. The second-order valence-electron chi connectivity index (χ2n) is 8.43. The fourth-order valence-corrected chi connectivity index (χ4v) is 3.82. The average molecular weight is 641 g/mol. The summed E-state index contributed by atoms with van der Waals surface area (Å²) in [5.74, 6) is -15.6. The number of imidazole rings is 2. The molecule has 0 aliphatic heterocycles. The Bertz CT molecular complexity index is 1350. The fraction of sp³-hybridized carbons (Fsp3) is 0.333. The van der Waals surface area contributed by atoms with Gasteiger partial charge in [-0.15, -0.1) is 20.5 Å².